The number of halogens is 1. The molecule has 1 aliphatic carbocycles. The summed E-state index contributed by atoms with van der Waals surface area (Å²) < 4.78 is 5.64. The van der Waals surface area contributed by atoms with Crippen LogP contribution in [0.25, 0.3) is 0 Å². The Labute approximate surface area is 134 Å². The van der Waals surface area contributed by atoms with Gasteiger partial charge in [0.1, 0.15) is 5.75 Å². The molecule has 0 amide bonds. The van der Waals surface area contributed by atoms with Crippen LogP contribution in [0.15, 0.2) is 18.2 Å². The highest BCUT2D eigenvalue weighted by Crippen LogP contribution is 2.41. The van der Waals surface area contributed by atoms with E-state index < -0.39 is 0 Å². The first-order valence-corrected chi connectivity index (χ1v) is 8.60. The first kappa shape index (κ1) is 16.6. The van der Waals surface area contributed by atoms with E-state index in [1.165, 1.54) is 31.2 Å². The van der Waals surface area contributed by atoms with Gasteiger partial charge in [-0.25, -0.2) is 0 Å². The molecule has 0 aliphatic heterocycles. The van der Waals surface area contributed by atoms with Gasteiger partial charge in [-0.05, 0) is 43.9 Å². The van der Waals surface area contributed by atoms with Crippen LogP contribution in [0.5, 0.6) is 5.75 Å². The molecular formula is C18H28ClNO. The molecule has 0 aromatic heterocycles. The first-order chi connectivity index (χ1) is 10.1. The zero-order valence-corrected chi connectivity index (χ0v) is 14.3. The van der Waals surface area contributed by atoms with Gasteiger partial charge in [-0.2, -0.15) is 0 Å². The number of ether oxygens (including phenoxy) is 1. The van der Waals surface area contributed by atoms with Crippen molar-refractivity contribution in [2.75, 3.05) is 13.7 Å². The number of hydrogen-bond acceptors (Lipinski definition) is 2. The second-order valence-corrected chi connectivity index (χ2v) is 6.72. The highest BCUT2D eigenvalue weighted by Gasteiger charge is 2.35. The Bertz CT molecular complexity index is 451. The van der Waals surface area contributed by atoms with Crippen molar-refractivity contribution in [1.82, 2.24) is 5.32 Å². The van der Waals surface area contributed by atoms with Gasteiger partial charge >= 0.3 is 0 Å². The van der Waals surface area contributed by atoms with E-state index in [-0.39, 0.29) is 5.41 Å². The summed E-state index contributed by atoms with van der Waals surface area (Å²) in [6, 6.07) is 6.76. The number of hydrogen-bond donors (Lipinski definition) is 1. The van der Waals surface area contributed by atoms with Crippen molar-refractivity contribution in [1.29, 1.82) is 0 Å². The second-order valence-electron chi connectivity index (χ2n) is 6.28. The Hall–Kier alpha value is -0.730. The minimum Gasteiger partial charge on any atom is -0.496 e. The average molecular weight is 310 g/mol. The molecule has 1 saturated carbocycles. The maximum atomic E-state index is 6.28. The molecule has 2 rings (SSSR count). The zero-order chi connectivity index (χ0) is 15.3. The van der Waals surface area contributed by atoms with E-state index in [4.69, 9.17) is 16.3 Å². The molecule has 1 N–H and O–H groups in total. The molecule has 0 saturated heterocycles. The number of methoxy groups -OCH3 is 1. The molecule has 118 valence electrons. The molecule has 0 atom stereocenters. The third-order valence-electron chi connectivity index (χ3n) is 4.50. The summed E-state index contributed by atoms with van der Waals surface area (Å²) in [5, 5.41) is 4.54. The molecule has 1 aromatic carbocycles. The first-order valence-electron chi connectivity index (χ1n) is 8.22. The summed E-state index contributed by atoms with van der Waals surface area (Å²) in [6.45, 7) is 5.55. The minimum atomic E-state index is 0.127. The largest absolute Gasteiger partial charge is 0.496 e. The minimum absolute atomic E-state index is 0.127. The highest BCUT2D eigenvalue weighted by molar-refractivity contribution is 6.30. The van der Waals surface area contributed by atoms with Gasteiger partial charge < -0.3 is 10.1 Å². The van der Waals surface area contributed by atoms with Crippen LogP contribution in [0.1, 0.15) is 57.9 Å². The van der Waals surface area contributed by atoms with Crippen LogP contribution < -0.4 is 10.1 Å². The summed E-state index contributed by atoms with van der Waals surface area (Å²) in [5.41, 5.74) is 1.40. The lowest BCUT2D eigenvalue weighted by Crippen LogP contribution is -2.39. The molecule has 21 heavy (non-hydrogen) atoms. The van der Waals surface area contributed by atoms with E-state index in [9.17, 15) is 0 Å². The molecule has 2 nitrogen and oxygen atoms in total. The van der Waals surface area contributed by atoms with Crippen LogP contribution in [-0.2, 0) is 5.41 Å². The summed E-state index contributed by atoms with van der Waals surface area (Å²) in [5.74, 6) is 0.971. The average Bonchev–Trinajstić information content (AvgIpc) is 3.29. The van der Waals surface area contributed by atoms with Gasteiger partial charge in [0.2, 0.25) is 0 Å². The fourth-order valence-corrected chi connectivity index (χ4v) is 3.52. The lowest BCUT2D eigenvalue weighted by atomic mass is 9.73. The van der Waals surface area contributed by atoms with Crippen LogP contribution >= 0.6 is 11.6 Å². The molecule has 0 bridgehead atoms. The third-order valence-corrected chi connectivity index (χ3v) is 4.73. The van der Waals surface area contributed by atoms with Gasteiger partial charge in [0.05, 0.1) is 7.11 Å². The summed E-state index contributed by atoms with van der Waals surface area (Å²) in [6.07, 6.45) is 7.31. The van der Waals surface area contributed by atoms with E-state index in [2.05, 4.69) is 25.2 Å². The Balaban J connectivity index is 2.36. The summed E-state index contributed by atoms with van der Waals surface area (Å²) in [7, 11) is 1.75. The van der Waals surface area contributed by atoms with Gasteiger partial charge in [0, 0.05) is 28.6 Å². The van der Waals surface area contributed by atoms with Gasteiger partial charge in [-0.1, -0.05) is 38.3 Å². The maximum Gasteiger partial charge on any atom is 0.122 e. The van der Waals surface area contributed by atoms with Crippen molar-refractivity contribution in [2.24, 2.45) is 0 Å². The second kappa shape index (κ2) is 7.51. The van der Waals surface area contributed by atoms with E-state index >= 15 is 0 Å². The fourth-order valence-electron chi connectivity index (χ4n) is 3.35. The lowest BCUT2D eigenvalue weighted by Gasteiger charge is -2.36. The van der Waals surface area contributed by atoms with Crippen molar-refractivity contribution in [3.05, 3.63) is 28.8 Å². The van der Waals surface area contributed by atoms with E-state index in [1.54, 1.807) is 7.11 Å². The van der Waals surface area contributed by atoms with Crippen molar-refractivity contribution in [3.8, 4) is 5.75 Å². The van der Waals surface area contributed by atoms with Gasteiger partial charge in [-0.15, -0.1) is 0 Å². The fraction of sp³-hybridized carbons (Fsp3) is 0.667. The van der Waals surface area contributed by atoms with Crippen LogP contribution in [-0.4, -0.2) is 19.7 Å². The smallest absolute Gasteiger partial charge is 0.122 e. The number of benzene rings is 1. The maximum absolute atomic E-state index is 6.28. The van der Waals surface area contributed by atoms with Gasteiger partial charge in [0.15, 0.2) is 0 Å². The molecule has 1 aromatic rings. The van der Waals surface area contributed by atoms with E-state index in [1.807, 2.05) is 12.1 Å². The zero-order valence-electron chi connectivity index (χ0n) is 13.5. The van der Waals surface area contributed by atoms with E-state index in [0.717, 1.165) is 36.2 Å². The number of nitrogens with one attached hydrogen (secondary N) is 1. The summed E-state index contributed by atoms with van der Waals surface area (Å²) in [4.78, 5) is 0. The standard InChI is InChI=1S/C18H28ClNO/c1-4-10-18(11-5-2,13-20-15-7-8-15)16-12-14(19)6-9-17(16)21-3/h6,9,12,15,20H,4-5,7-8,10-11,13H2,1-3H3. The molecule has 3 heteroatoms. The summed E-state index contributed by atoms with van der Waals surface area (Å²) >= 11 is 6.28. The Kier molecular flexibility index (Phi) is 5.95. The van der Waals surface area contributed by atoms with Crippen LogP contribution in [0.2, 0.25) is 5.02 Å². The van der Waals surface area contributed by atoms with Crippen molar-refractivity contribution in [3.63, 3.8) is 0 Å². The van der Waals surface area contributed by atoms with Crippen molar-refractivity contribution >= 4 is 11.6 Å². The monoisotopic (exact) mass is 309 g/mol. The van der Waals surface area contributed by atoms with E-state index in [0.29, 0.717) is 0 Å². The van der Waals surface area contributed by atoms with Crippen LogP contribution in [0.4, 0.5) is 0 Å². The van der Waals surface area contributed by atoms with Crippen LogP contribution in [0, 0.1) is 0 Å². The Morgan fingerprint density at radius 1 is 1.24 bits per heavy atom. The normalized spacial score (nSPS) is 15.2. The predicted molar refractivity (Wildman–Crippen MR) is 90.5 cm³/mol. The lowest BCUT2D eigenvalue weighted by molar-refractivity contribution is 0.314. The van der Waals surface area contributed by atoms with Crippen molar-refractivity contribution in [2.45, 2.75) is 63.8 Å². The quantitative estimate of drug-likeness (QED) is 0.697. The van der Waals surface area contributed by atoms with Gasteiger partial charge in [-0.3, -0.25) is 0 Å². The molecular weight excluding hydrogens is 282 g/mol. The molecule has 0 heterocycles. The SMILES string of the molecule is CCCC(CCC)(CNC1CC1)c1cc(Cl)ccc1OC. The molecule has 1 aliphatic rings. The van der Waals surface area contributed by atoms with Gasteiger partial charge in [0.25, 0.3) is 0 Å². The van der Waals surface area contributed by atoms with Crippen LogP contribution in [0.3, 0.4) is 0 Å². The van der Waals surface area contributed by atoms with Crippen molar-refractivity contribution < 1.29 is 4.74 Å². The molecule has 0 unspecified atom stereocenters. The molecule has 1 fully saturated rings. The Morgan fingerprint density at radius 3 is 2.43 bits per heavy atom. The Morgan fingerprint density at radius 2 is 1.90 bits per heavy atom. The molecule has 0 spiro atoms. The number of rotatable bonds is 9. The molecule has 0 radical (unpaired) electrons. The topological polar surface area (TPSA) is 21.3 Å². The third kappa shape index (κ3) is 4.14. The highest BCUT2D eigenvalue weighted by atomic mass is 35.5. The predicted octanol–water partition coefficient (Wildman–Crippen LogP) is 4.94.